The molecular weight excluding hydrogens is 266 g/mol. The molecule has 0 radical (unpaired) electrons. The van der Waals surface area contributed by atoms with Gasteiger partial charge in [0.25, 0.3) is 0 Å². The first kappa shape index (κ1) is 12.8. The maximum atomic E-state index is 5.53. The van der Waals surface area contributed by atoms with Crippen LogP contribution in [0, 0.1) is 0 Å². The lowest BCUT2D eigenvalue weighted by molar-refractivity contribution is 0.295. The SMILES string of the molecule is C[C@H]1C[C@@H](c2nc(-c3ccc4c(c3)CCO4)no2)CCN1. The largest absolute Gasteiger partial charge is 0.493 e. The van der Waals surface area contributed by atoms with Crippen molar-refractivity contribution in [2.45, 2.75) is 38.1 Å². The van der Waals surface area contributed by atoms with Gasteiger partial charge < -0.3 is 14.6 Å². The highest BCUT2D eigenvalue weighted by molar-refractivity contribution is 5.59. The van der Waals surface area contributed by atoms with Crippen molar-refractivity contribution in [1.82, 2.24) is 15.5 Å². The van der Waals surface area contributed by atoms with E-state index in [0.717, 1.165) is 49.6 Å². The Morgan fingerprint density at radius 1 is 1.33 bits per heavy atom. The summed E-state index contributed by atoms with van der Waals surface area (Å²) in [7, 11) is 0. The minimum Gasteiger partial charge on any atom is -0.493 e. The number of rotatable bonds is 2. The molecule has 5 nitrogen and oxygen atoms in total. The van der Waals surface area contributed by atoms with Crippen LogP contribution < -0.4 is 10.1 Å². The van der Waals surface area contributed by atoms with Crippen LogP contribution in [0.2, 0.25) is 0 Å². The third-order valence-electron chi connectivity index (χ3n) is 4.36. The Balaban J connectivity index is 1.59. The molecule has 0 amide bonds. The lowest BCUT2D eigenvalue weighted by Gasteiger charge is -2.25. The molecule has 0 aliphatic carbocycles. The maximum Gasteiger partial charge on any atom is 0.230 e. The molecule has 4 rings (SSSR count). The summed E-state index contributed by atoms with van der Waals surface area (Å²) < 4.78 is 11.0. The summed E-state index contributed by atoms with van der Waals surface area (Å²) in [5.41, 5.74) is 2.24. The molecule has 0 saturated carbocycles. The van der Waals surface area contributed by atoms with Crippen LogP contribution in [0.5, 0.6) is 5.75 Å². The zero-order valence-electron chi connectivity index (χ0n) is 12.1. The molecule has 2 aliphatic heterocycles. The van der Waals surface area contributed by atoms with Crippen LogP contribution in [0.1, 0.15) is 37.1 Å². The summed E-state index contributed by atoms with van der Waals surface area (Å²) in [5.74, 6) is 2.82. The van der Waals surface area contributed by atoms with Gasteiger partial charge in [-0.15, -0.1) is 0 Å². The number of ether oxygens (including phenoxy) is 1. The van der Waals surface area contributed by atoms with Crippen molar-refractivity contribution in [3.05, 3.63) is 29.7 Å². The van der Waals surface area contributed by atoms with Crippen molar-refractivity contribution < 1.29 is 9.26 Å². The van der Waals surface area contributed by atoms with E-state index >= 15 is 0 Å². The van der Waals surface area contributed by atoms with Gasteiger partial charge in [0.15, 0.2) is 0 Å². The lowest BCUT2D eigenvalue weighted by Crippen LogP contribution is -2.34. The Morgan fingerprint density at radius 3 is 3.19 bits per heavy atom. The van der Waals surface area contributed by atoms with Gasteiger partial charge in [-0.1, -0.05) is 5.16 Å². The van der Waals surface area contributed by atoms with Gasteiger partial charge in [0.2, 0.25) is 11.7 Å². The number of hydrogen-bond acceptors (Lipinski definition) is 5. The second-order valence-corrected chi connectivity index (χ2v) is 5.95. The fraction of sp³-hybridized carbons (Fsp3) is 0.500. The number of piperidine rings is 1. The van der Waals surface area contributed by atoms with Crippen LogP contribution in [-0.2, 0) is 6.42 Å². The van der Waals surface area contributed by atoms with E-state index in [1.807, 2.05) is 12.1 Å². The fourth-order valence-electron chi connectivity index (χ4n) is 3.20. The normalized spacial score (nSPS) is 24.6. The maximum absolute atomic E-state index is 5.53. The van der Waals surface area contributed by atoms with Gasteiger partial charge in [-0.3, -0.25) is 0 Å². The van der Waals surface area contributed by atoms with Crippen molar-refractivity contribution in [3.63, 3.8) is 0 Å². The quantitative estimate of drug-likeness (QED) is 0.918. The summed E-state index contributed by atoms with van der Waals surface area (Å²) in [6.07, 6.45) is 3.07. The highest BCUT2D eigenvalue weighted by Crippen LogP contribution is 2.31. The minimum atomic E-state index is 0.375. The summed E-state index contributed by atoms with van der Waals surface area (Å²) in [6, 6.07) is 6.63. The van der Waals surface area contributed by atoms with E-state index in [2.05, 4.69) is 28.4 Å². The summed E-state index contributed by atoms with van der Waals surface area (Å²) >= 11 is 0. The first-order chi connectivity index (χ1) is 10.3. The van der Waals surface area contributed by atoms with Crippen molar-refractivity contribution in [3.8, 4) is 17.1 Å². The van der Waals surface area contributed by atoms with E-state index in [-0.39, 0.29) is 0 Å². The van der Waals surface area contributed by atoms with Crippen LogP contribution in [0.3, 0.4) is 0 Å². The van der Waals surface area contributed by atoms with Crippen LogP contribution in [0.25, 0.3) is 11.4 Å². The van der Waals surface area contributed by atoms with Crippen molar-refractivity contribution in [2.75, 3.05) is 13.2 Å². The number of benzene rings is 1. The van der Waals surface area contributed by atoms with Gasteiger partial charge in [0.1, 0.15) is 5.75 Å². The number of hydrogen-bond donors (Lipinski definition) is 1. The molecule has 0 unspecified atom stereocenters. The molecule has 5 heteroatoms. The molecule has 110 valence electrons. The molecule has 1 saturated heterocycles. The van der Waals surface area contributed by atoms with Gasteiger partial charge in [0.05, 0.1) is 6.61 Å². The van der Waals surface area contributed by atoms with Gasteiger partial charge in [-0.05, 0) is 50.1 Å². The van der Waals surface area contributed by atoms with Crippen LogP contribution in [0.15, 0.2) is 22.7 Å². The summed E-state index contributed by atoms with van der Waals surface area (Å²) in [5, 5.41) is 7.61. The summed E-state index contributed by atoms with van der Waals surface area (Å²) in [4.78, 5) is 4.62. The Hall–Kier alpha value is -1.88. The molecular formula is C16H19N3O2. The molecule has 0 bridgehead atoms. The number of fused-ring (bicyclic) bond motifs is 1. The molecule has 2 atom stereocenters. The molecule has 2 aliphatic rings. The molecule has 0 spiro atoms. The molecule has 3 heterocycles. The zero-order chi connectivity index (χ0) is 14.2. The second kappa shape index (κ2) is 5.15. The number of aromatic nitrogens is 2. The van der Waals surface area contributed by atoms with E-state index in [9.17, 15) is 0 Å². The van der Waals surface area contributed by atoms with Crippen LogP contribution in [0.4, 0.5) is 0 Å². The monoisotopic (exact) mass is 285 g/mol. The van der Waals surface area contributed by atoms with Gasteiger partial charge in [0, 0.05) is 23.9 Å². The Morgan fingerprint density at radius 2 is 2.29 bits per heavy atom. The number of nitrogens with zero attached hydrogens (tertiary/aromatic N) is 2. The van der Waals surface area contributed by atoms with E-state index in [0.29, 0.717) is 17.8 Å². The first-order valence-corrected chi connectivity index (χ1v) is 7.62. The van der Waals surface area contributed by atoms with Crippen molar-refractivity contribution in [1.29, 1.82) is 0 Å². The van der Waals surface area contributed by atoms with E-state index < -0.39 is 0 Å². The first-order valence-electron chi connectivity index (χ1n) is 7.62. The number of nitrogens with one attached hydrogen (secondary N) is 1. The molecule has 1 aromatic heterocycles. The van der Waals surface area contributed by atoms with Gasteiger partial charge in [-0.2, -0.15) is 4.98 Å². The molecule has 1 aromatic carbocycles. The second-order valence-electron chi connectivity index (χ2n) is 5.95. The lowest BCUT2D eigenvalue weighted by atomic mass is 9.93. The Kier molecular flexibility index (Phi) is 3.15. The van der Waals surface area contributed by atoms with Crippen LogP contribution >= 0.6 is 0 Å². The Labute approximate surface area is 123 Å². The molecule has 1 fully saturated rings. The molecule has 1 N–H and O–H groups in total. The third kappa shape index (κ3) is 2.42. The highest BCUT2D eigenvalue weighted by atomic mass is 16.5. The fourth-order valence-corrected chi connectivity index (χ4v) is 3.20. The van der Waals surface area contributed by atoms with Crippen molar-refractivity contribution >= 4 is 0 Å². The van der Waals surface area contributed by atoms with Crippen molar-refractivity contribution in [2.24, 2.45) is 0 Å². The van der Waals surface area contributed by atoms with Gasteiger partial charge in [-0.25, -0.2) is 0 Å². The predicted octanol–water partition coefficient (Wildman–Crippen LogP) is 2.53. The van der Waals surface area contributed by atoms with E-state index in [1.165, 1.54) is 5.56 Å². The Bertz CT molecular complexity index is 653. The van der Waals surface area contributed by atoms with Gasteiger partial charge >= 0.3 is 0 Å². The topological polar surface area (TPSA) is 60.2 Å². The third-order valence-corrected chi connectivity index (χ3v) is 4.36. The smallest absolute Gasteiger partial charge is 0.230 e. The van der Waals surface area contributed by atoms with E-state index in [1.54, 1.807) is 0 Å². The zero-order valence-corrected chi connectivity index (χ0v) is 12.1. The predicted molar refractivity (Wildman–Crippen MR) is 78.4 cm³/mol. The highest BCUT2D eigenvalue weighted by Gasteiger charge is 2.25. The van der Waals surface area contributed by atoms with Crippen LogP contribution in [-0.4, -0.2) is 29.3 Å². The average molecular weight is 285 g/mol. The molecule has 2 aromatic rings. The average Bonchev–Trinajstić information content (AvgIpc) is 3.15. The standard InChI is InChI=1S/C16H19N3O2/c1-10-8-13(4-6-17-10)16-18-15(19-21-16)12-2-3-14-11(9-12)5-7-20-14/h2-3,9-10,13,17H,4-8H2,1H3/t10-,13-/m0/s1. The van der Waals surface area contributed by atoms with E-state index in [4.69, 9.17) is 9.26 Å². The minimum absolute atomic E-state index is 0.375. The molecule has 21 heavy (non-hydrogen) atoms. The summed E-state index contributed by atoms with van der Waals surface area (Å²) in [6.45, 7) is 3.98.